The topological polar surface area (TPSA) is 46.7 Å². The highest BCUT2D eigenvalue weighted by atomic mass is 16.6. The van der Waals surface area contributed by atoms with Gasteiger partial charge in [-0.25, -0.2) is 0 Å². The van der Waals surface area contributed by atoms with Crippen molar-refractivity contribution in [3.63, 3.8) is 0 Å². The molecule has 24 heavy (non-hydrogen) atoms. The fraction of sp³-hybridized carbons (Fsp3) is 0.905. The molecule has 4 saturated carbocycles. The van der Waals surface area contributed by atoms with Gasteiger partial charge in [-0.05, 0) is 74.5 Å². The van der Waals surface area contributed by atoms with Crippen molar-refractivity contribution in [2.45, 2.75) is 83.8 Å². The zero-order valence-electron chi connectivity index (χ0n) is 15.3. The minimum atomic E-state index is -0.442. The number of Topliss-reactive ketones (excluding diaryl/α,β-unsaturated/α-hetero) is 2. The van der Waals surface area contributed by atoms with Gasteiger partial charge in [-0.15, -0.1) is 0 Å². The predicted molar refractivity (Wildman–Crippen MR) is 90.4 cm³/mol. The number of carbonyl (C=O) groups is 2. The Kier molecular flexibility index (Phi) is 2.93. The van der Waals surface area contributed by atoms with E-state index in [0.717, 1.165) is 43.9 Å². The van der Waals surface area contributed by atoms with E-state index in [1.165, 1.54) is 19.3 Å². The van der Waals surface area contributed by atoms with Crippen LogP contribution in [0.1, 0.15) is 72.1 Å². The van der Waals surface area contributed by atoms with E-state index in [1.807, 2.05) is 0 Å². The Balaban J connectivity index is 1.48. The minimum absolute atomic E-state index is 0.0539. The van der Waals surface area contributed by atoms with Crippen LogP contribution in [0.25, 0.3) is 0 Å². The molecule has 1 heterocycles. The van der Waals surface area contributed by atoms with E-state index in [4.69, 9.17) is 4.74 Å². The normalized spacial score (nSPS) is 58.3. The Morgan fingerprint density at radius 3 is 2.67 bits per heavy atom. The third-order valence-electron chi connectivity index (χ3n) is 9.44. The summed E-state index contributed by atoms with van der Waals surface area (Å²) in [5.41, 5.74) is -0.0313. The molecule has 0 unspecified atom stereocenters. The first-order valence-electron chi connectivity index (χ1n) is 10.0. The third-order valence-corrected chi connectivity index (χ3v) is 9.44. The number of carbonyl (C=O) groups excluding carboxylic acids is 2. The lowest BCUT2D eigenvalue weighted by atomic mass is 9.44. The molecular weight excluding hydrogens is 300 g/mol. The van der Waals surface area contributed by atoms with Crippen molar-refractivity contribution in [3.05, 3.63) is 0 Å². The summed E-state index contributed by atoms with van der Waals surface area (Å²) in [4.78, 5) is 24.4. The summed E-state index contributed by atoms with van der Waals surface area (Å²) in [6, 6.07) is 0. The van der Waals surface area contributed by atoms with Crippen molar-refractivity contribution in [2.24, 2.45) is 34.5 Å². The summed E-state index contributed by atoms with van der Waals surface area (Å²) in [6.07, 6.45) is 8.84. The Bertz CT molecular complexity index is 627. The number of hydrogen-bond acceptors (Lipinski definition) is 3. The van der Waals surface area contributed by atoms with Crippen molar-refractivity contribution < 1.29 is 14.3 Å². The van der Waals surface area contributed by atoms with E-state index in [0.29, 0.717) is 23.0 Å². The molecule has 4 aliphatic carbocycles. The van der Waals surface area contributed by atoms with Crippen LogP contribution in [0.3, 0.4) is 0 Å². The monoisotopic (exact) mass is 330 g/mol. The van der Waals surface area contributed by atoms with Gasteiger partial charge in [-0.1, -0.05) is 13.8 Å². The molecule has 5 aliphatic rings. The van der Waals surface area contributed by atoms with E-state index in [2.05, 4.69) is 13.8 Å². The molecule has 0 bridgehead atoms. The standard InChI is InChI=1S/C21H30O3/c1-12(22)21-18(24-21)11-17-15-5-4-13-10-14(23)6-8-19(13,2)16(15)7-9-20(17,21)3/h13,15-18H,4-11H2,1-3H3/t13-,15+,16+,17-,18+,19-,20-,21+/m0/s1. The molecular formula is C21H30O3. The third kappa shape index (κ3) is 1.59. The Morgan fingerprint density at radius 1 is 1.12 bits per heavy atom. The second kappa shape index (κ2) is 4.52. The molecule has 0 amide bonds. The zero-order chi connectivity index (χ0) is 16.9. The molecule has 0 aromatic carbocycles. The van der Waals surface area contributed by atoms with Gasteiger partial charge in [0.25, 0.3) is 0 Å². The summed E-state index contributed by atoms with van der Waals surface area (Å²) < 4.78 is 6.01. The summed E-state index contributed by atoms with van der Waals surface area (Å²) in [5.74, 6) is 3.50. The van der Waals surface area contributed by atoms with Crippen molar-refractivity contribution in [1.82, 2.24) is 0 Å². The summed E-state index contributed by atoms with van der Waals surface area (Å²) in [6.45, 7) is 6.57. The largest absolute Gasteiger partial charge is 0.357 e. The maximum Gasteiger partial charge on any atom is 0.164 e. The predicted octanol–water partition coefficient (Wildman–Crippen LogP) is 3.93. The SMILES string of the molecule is CC(=O)[C@@]12O[C@@H]1C[C@H]1[C@@H]3CC[C@H]4CC(=O)CC[C@]4(C)[C@@H]3CC[C@@]12C. The van der Waals surface area contributed by atoms with Crippen LogP contribution in [0.15, 0.2) is 0 Å². The molecule has 0 aromatic rings. The molecule has 1 aliphatic heterocycles. The number of epoxide rings is 1. The fourth-order valence-corrected chi connectivity index (χ4v) is 8.11. The fourth-order valence-electron chi connectivity index (χ4n) is 8.11. The van der Waals surface area contributed by atoms with Crippen LogP contribution < -0.4 is 0 Å². The molecule has 0 aromatic heterocycles. The first-order valence-corrected chi connectivity index (χ1v) is 10.0. The Labute approximate surface area is 144 Å². The van der Waals surface area contributed by atoms with Crippen LogP contribution in [-0.4, -0.2) is 23.3 Å². The quantitative estimate of drug-likeness (QED) is 0.684. The lowest BCUT2D eigenvalue weighted by Crippen LogP contribution is -2.56. The maximum atomic E-state index is 12.4. The molecule has 5 rings (SSSR count). The van der Waals surface area contributed by atoms with Gasteiger partial charge >= 0.3 is 0 Å². The molecule has 132 valence electrons. The highest BCUT2D eigenvalue weighted by molar-refractivity contribution is 5.90. The van der Waals surface area contributed by atoms with Crippen molar-refractivity contribution in [2.75, 3.05) is 0 Å². The van der Waals surface area contributed by atoms with E-state index in [1.54, 1.807) is 6.92 Å². The van der Waals surface area contributed by atoms with Gasteiger partial charge in [0.05, 0.1) is 6.10 Å². The Morgan fingerprint density at radius 2 is 1.92 bits per heavy atom. The first kappa shape index (κ1) is 15.5. The highest BCUT2D eigenvalue weighted by Gasteiger charge is 2.79. The van der Waals surface area contributed by atoms with E-state index >= 15 is 0 Å². The van der Waals surface area contributed by atoms with Gasteiger partial charge < -0.3 is 4.74 Å². The smallest absolute Gasteiger partial charge is 0.164 e. The van der Waals surface area contributed by atoms with Gasteiger partial charge in [0.1, 0.15) is 5.78 Å². The van der Waals surface area contributed by atoms with Crippen molar-refractivity contribution in [3.8, 4) is 0 Å². The van der Waals surface area contributed by atoms with Crippen molar-refractivity contribution in [1.29, 1.82) is 0 Å². The number of fused-ring (bicyclic) bond motifs is 7. The van der Waals surface area contributed by atoms with Gasteiger partial charge in [0.2, 0.25) is 0 Å². The van der Waals surface area contributed by atoms with Gasteiger partial charge in [-0.3, -0.25) is 9.59 Å². The Hall–Kier alpha value is -0.700. The van der Waals surface area contributed by atoms with E-state index in [-0.39, 0.29) is 17.3 Å². The van der Waals surface area contributed by atoms with Gasteiger partial charge in [0, 0.05) is 18.3 Å². The first-order chi connectivity index (χ1) is 11.3. The maximum absolute atomic E-state index is 12.4. The highest BCUT2D eigenvalue weighted by Crippen LogP contribution is 2.73. The molecule has 3 heteroatoms. The van der Waals surface area contributed by atoms with Crippen LogP contribution >= 0.6 is 0 Å². The average Bonchev–Trinajstić information content (AvgIpc) is 3.21. The number of rotatable bonds is 1. The lowest BCUT2D eigenvalue weighted by molar-refractivity contribution is -0.151. The number of ketones is 2. The average molecular weight is 330 g/mol. The van der Waals surface area contributed by atoms with Gasteiger partial charge in [0.15, 0.2) is 11.4 Å². The van der Waals surface area contributed by atoms with Crippen molar-refractivity contribution >= 4 is 11.6 Å². The number of ether oxygens (including phenoxy) is 1. The molecule has 3 nitrogen and oxygen atoms in total. The molecule has 1 saturated heterocycles. The van der Waals surface area contributed by atoms with Crippen LogP contribution in [0.2, 0.25) is 0 Å². The van der Waals surface area contributed by atoms with E-state index in [9.17, 15) is 9.59 Å². The van der Waals surface area contributed by atoms with E-state index < -0.39 is 5.60 Å². The second-order valence-electron chi connectivity index (χ2n) is 9.99. The molecule has 5 fully saturated rings. The summed E-state index contributed by atoms with van der Waals surface area (Å²) in [7, 11) is 0. The lowest BCUT2D eigenvalue weighted by Gasteiger charge is -2.60. The molecule has 0 spiro atoms. The molecule has 0 N–H and O–H groups in total. The number of hydrogen-bond donors (Lipinski definition) is 0. The molecule has 8 atom stereocenters. The van der Waals surface area contributed by atoms with Crippen LogP contribution in [0.5, 0.6) is 0 Å². The summed E-state index contributed by atoms with van der Waals surface area (Å²) >= 11 is 0. The van der Waals surface area contributed by atoms with Crippen LogP contribution in [-0.2, 0) is 14.3 Å². The summed E-state index contributed by atoms with van der Waals surface area (Å²) in [5, 5.41) is 0. The molecule has 0 radical (unpaired) electrons. The van der Waals surface area contributed by atoms with Gasteiger partial charge in [-0.2, -0.15) is 0 Å². The minimum Gasteiger partial charge on any atom is -0.357 e. The zero-order valence-corrected chi connectivity index (χ0v) is 15.3. The van der Waals surface area contributed by atoms with Crippen LogP contribution in [0.4, 0.5) is 0 Å². The second-order valence-corrected chi connectivity index (χ2v) is 9.99. The van der Waals surface area contributed by atoms with Crippen LogP contribution in [0, 0.1) is 34.5 Å².